The van der Waals surface area contributed by atoms with Crippen molar-refractivity contribution in [3.05, 3.63) is 27.3 Å². The molecule has 0 radical (unpaired) electrons. The fraction of sp³-hybridized carbons (Fsp3) is 0.500. The van der Waals surface area contributed by atoms with Crippen molar-refractivity contribution in [3.8, 4) is 0 Å². The van der Waals surface area contributed by atoms with Crippen LogP contribution in [0.25, 0.3) is 10.2 Å². The molecule has 1 heterocycles. The lowest BCUT2D eigenvalue weighted by Gasteiger charge is -2.08. The zero-order chi connectivity index (χ0) is 14.7. The van der Waals surface area contributed by atoms with E-state index in [1.165, 1.54) is 11.3 Å². The van der Waals surface area contributed by atoms with Gasteiger partial charge in [-0.25, -0.2) is 4.98 Å². The standard InChI is InChI=1S/C14H19N3O2S/c1-9(2)5-4-6-15-11-7-12-14(20-10(3)16-12)8-13(11)17(18)19/h7-9,15H,4-6H2,1-3H3. The summed E-state index contributed by atoms with van der Waals surface area (Å²) < 4.78 is 0.863. The number of thiazole rings is 1. The average Bonchev–Trinajstić information content (AvgIpc) is 2.72. The van der Waals surface area contributed by atoms with Gasteiger partial charge in [0, 0.05) is 12.6 Å². The highest BCUT2D eigenvalue weighted by Crippen LogP contribution is 2.32. The van der Waals surface area contributed by atoms with Crippen LogP contribution in [0.5, 0.6) is 0 Å². The van der Waals surface area contributed by atoms with E-state index in [0.29, 0.717) is 11.6 Å². The van der Waals surface area contributed by atoms with Gasteiger partial charge in [-0.2, -0.15) is 0 Å². The van der Waals surface area contributed by atoms with Crippen molar-refractivity contribution in [2.45, 2.75) is 33.6 Å². The number of nitrogens with one attached hydrogen (secondary N) is 1. The number of benzene rings is 1. The molecule has 1 aromatic carbocycles. The van der Waals surface area contributed by atoms with E-state index in [2.05, 4.69) is 24.1 Å². The van der Waals surface area contributed by atoms with Gasteiger partial charge in [-0.15, -0.1) is 11.3 Å². The smallest absolute Gasteiger partial charge is 0.293 e. The third kappa shape index (κ3) is 3.45. The lowest BCUT2D eigenvalue weighted by molar-refractivity contribution is -0.383. The molecule has 6 heteroatoms. The molecule has 2 aromatic rings. The molecule has 0 aliphatic carbocycles. The quantitative estimate of drug-likeness (QED) is 0.488. The molecule has 0 atom stereocenters. The van der Waals surface area contributed by atoms with E-state index in [-0.39, 0.29) is 10.6 Å². The highest BCUT2D eigenvalue weighted by atomic mass is 32.1. The molecule has 2 rings (SSSR count). The summed E-state index contributed by atoms with van der Waals surface area (Å²) in [5, 5.41) is 15.3. The molecule has 0 saturated carbocycles. The molecule has 1 aromatic heterocycles. The summed E-state index contributed by atoms with van der Waals surface area (Å²) in [5.74, 6) is 0.649. The first-order chi connectivity index (χ1) is 9.47. The van der Waals surface area contributed by atoms with Gasteiger partial charge < -0.3 is 5.32 Å². The molecule has 0 amide bonds. The maximum atomic E-state index is 11.2. The van der Waals surface area contributed by atoms with Crippen molar-refractivity contribution in [1.29, 1.82) is 0 Å². The highest BCUT2D eigenvalue weighted by molar-refractivity contribution is 7.18. The largest absolute Gasteiger partial charge is 0.379 e. The number of rotatable bonds is 6. The summed E-state index contributed by atoms with van der Waals surface area (Å²) in [6, 6.07) is 3.40. The van der Waals surface area contributed by atoms with Crippen LogP contribution < -0.4 is 5.32 Å². The van der Waals surface area contributed by atoms with E-state index >= 15 is 0 Å². The number of nitro groups is 1. The number of nitrogens with zero attached hydrogens (tertiary/aromatic N) is 2. The first-order valence-electron chi connectivity index (χ1n) is 6.77. The van der Waals surface area contributed by atoms with Gasteiger partial charge in [-0.05, 0) is 31.7 Å². The van der Waals surface area contributed by atoms with Gasteiger partial charge >= 0.3 is 0 Å². The van der Waals surface area contributed by atoms with Crippen LogP contribution in [0.3, 0.4) is 0 Å². The topological polar surface area (TPSA) is 68.1 Å². The van der Waals surface area contributed by atoms with E-state index in [1.807, 2.05) is 6.92 Å². The highest BCUT2D eigenvalue weighted by Gasteiger charge is 2.16. The SMILES string of the molecule is Cc1nc2cc(NCCCC(C)C)c([N+](=O)[O-])cc2s1. The summed E-state index contributed by atoms with van der Waals surface area (Å²) in [7, 11) is 0. The molecule has 5 nitrogen and oxygen atoms in total. The predicted molar refractivity (Wildman–Crippen MR) is 83.6 cm³/mol. The molecule has 108 valence electrons. The van der Waals surface area contributed by atoms with Crippen LogP contribution >= 0.6 is 11.3 Å². The van der Waals surface area contributed by atoms with E-state index in [0.717, 1.165) is 34.6 Å². The van der Waals surface area contributed by atoms with E-state index < -0.39 is 0 Å². The third-order valence-electron chi connectivity index (χ3n) is 3.08. The number of anilines is 1. The normalized spacial score (nSPS) is 11.2. The Kier molecular flexibility index (Phi) is 4.54. The van der Waals surface area contributed by atoms with Crippen LogP contribution in [0.15, 0.2) is 12.1 Å². The summed E-state index contributed by atoms with van der Waals surface area (Å²) >= 11 is 1.48. The van der Waals surface area contributed by atoms with Gasteiger partial charge in [0.2, 0.25) is 0 Å². The number of aryl methyl sites for hydroxylation is 1. The van der Waals surface area contributed by atoms with Crippen LogP contribution in [0.2, 0.25) is 0 Å². The minimum Gasteiger partial charge on any atom is -0.379 e. The molecule has 0 unspecified atom stereocenters. The van der Waals surface area contributed by atoms with Crippen LogP contribution in [-0.2, 0) is 0 Å². The van der Waals surface area contributed by atoms with Crippen molar-refractivity contribution < 1.29 is 4.92 Å². The lowest BCUT2D eigenvalue weighted by Crippen LogP contribution is -2.05. The summed E-state index contributed by atoms with van der Waals surface area (Å²) in [6.07, 6.45) is 2.11. The van der Waals surface area contributed by atoms with Crippen LogP contribution in [-0.4, -0.2) is 16.5 Å². The Morgan fingerprint density at radius 1 is 1.45 bits per heavy atom. The maximum Gasteiger partial charge on any atom is 0.293 e. The Hall–Kier alpha value is -1.69. The second-order valence-electron chi connectivity index (χ2n) is 5.29. The van der Waals surface area contributed by atoms with Gasteiger partial charge in [0.15, 0.2) is 0 Å². The molecule has 20 heavy (non-hydrogen) atoms. The lowest BCUT2D eigenvalue weighted by atomic mass is 10.1. The molecular formula is C14H19N3O2S. The molecule has 0 saturated heterocycles. The number of hydrogen-bond donors (Lipinski definition) is 1. The minimum absolute atomic E-state index is 0.130. The Morgan fingerprint density at radius 3 is 2.85 bits per heavy atom. The Bertz CT molecular complexity index is 622. The van der Waals surface area contributed by atoms with Crippen molar-refractivity contribution in [2.75, 3.05) is 11.9 Å². The molecular weight excluding hydrogens is 274 g/mol. The summed E-state index contributed by atoms with van der Waals surface area (Å²) in [6.45, 7) is 7.00. The van der Waals surface area contributed by atoms with Crippen LogP contribution in [0.4, 0.5) is 11.4 Å². The number of hydrogen-bond acceptors (Lipinski definition) is 5. The first kappa shape index (κ1) is 14.7. The Morgan fingerprint density at radius 2 is 2.20 bits per heavy atom. The van der Waals surface area contributed by atoms with Gasteiger partial charge in [0.05, 0.1) is 20.1 Å². The van der Waals surface area contributed by atoms with Crippen molar-refractivity contribution in [3.63, 3.8) is 0 Å². The first-order valence-corrected chi connectivity index (χ1v) is 7.58. The molecule has 1 N–H and O–H groups in total. The molecule has 0 bridgehead atoms. The second-order valence-corrected chi connectivity index (χ2v) is 6.52. The Balaban J connectivity index is 2.20. The zero-order valence-electron chi connectivity index (χ0n) is 12.0. The predicted octanol–water partition coefficient (Wildman–Crippen LogP) is 4.36. The fourth-order valence-electron chi connectivity index (χ4n) is 2.10. The zero-order valence-corrected chi connectivity index (χ0v) is 12.8. The van der Waals surface area contributed by atoms with Gasteiger partial charge in [0.25, 0.3) is 5.69 Å². The van der Waals surface area contributed by atoms with E-state index in [1.54, 1.807) is 12.1 Å². The molecule has 0 aliphatic heterocycles. The van der Waals surface area contributed by atoms with Crippen LogP contribution in [0, 0.1) is 23.0 Å². The van der Waals surface area contributed by atoms with Crippen molar-refractivity contribution >= 4 is 32.9 Å². The van der Waals surface area contributed by atoms with Crippen molar-refractivity contribution in [2.24, 2.45) is 5.92 Å². The van der Waals surface area contributed by atoms with E-state index in [9.17, 15) is 10.1 Å². The average molecular weight is 293 g/mol. The summed E-state index contributed by atoms with van der Waals surface area (Å²) in [5.41, 5.74) is 1.52. The molecule has 0 aliphatic rings. The van der Waals surface area contributed by atoms with E-state index in [4.69, 9.17) is 0 Å². The molecule has 0 fully saturated rings. The number of nitro benzene ring substituents is 1. The minimum atomic E-state index is -0.334. The van der Waals surface area contributed by atoms with Gasteiger partial charge in [-0.3, -0.25) is 10.1 Å². The monoisotopic (exact) mass is 293 g/mol. The number of fused-ring (bicyclic) bond motifs is 1. The second kappa shape index (κ2) is 6.17. The maximum absolute atomic E-state index is 11.2. The van der Waals surface area contributed by atoms with Crippen molar-refractivity contribution in [1.82, 2.24) is 4.98 Å². The van der Waals surface area contributed by atoms with Gasteiger partial charge in [-0.1, -0.05) is 13.8 Å². The third-order valence-corrected chi connectivity index (χ3v) is 4.02. The molecule has 0 spiro atoms. The number of aromatic nitrogens is 1. The summed E-state index contributed by atoms with van der Waals surface area (Å²) in [4.78, 5) is 15.2. The fourth-order valence-corrected chi connectivity index (χ4v) is 2.95. The van der Waals surface area contributed by atoms with Gasteiger partial charge in [0.1, 0.15) is 5.69 Å². The van der Waals surface area contributed by atoms with Crippen LogP contribution in [0.1, 0.15) is 31.7 Å². The Labute approximate surface area is 122 Å².